The standard InChI is InChI=1S/C28H25Cl2N5O3/c29-22-9-8-21(15-23(22)30)35-17-20(19-7-4-12-32-16-19)14-25(35)34-27(37)11-10-26(36)33-24(28(31)38)13-18-5-2-1-3-6-18/h1-9,12,14-17,24H,10-11,13H2,(H2,31,38)(H,33,36)(H,34,37)/t24-/m0/s1. The maximum Gasteiger partial charge on any atom is 0.240 e. The first kappa shape index (κ1) is 26.9. The number of nitrogens with zero attached hydrogens (tertiary/aromatic N) is 2. The fourth-order valence-electron chi connectivity index (χ4n) is 3.87. The number of benzene rings is 2. The topological polar surface area (TPSA) is 119 Å². The number of nitrogens with two attached hydrogens (primary N) is 1. The molecular weight excluding hydrogens is 525 g/mol. The summed E-state index contributed by atoms with van der Waals surface area (Å²) < 4.78 is 1.77. The quantitative estimate of drug-likeness (QED) is 0.263. The first-order valence-corrected chi connectivity index (χ1v) is 12.6. The van der Waals surface area contributed by atoms with Gasteiger partial charge in [-0.05, 0) is 35.9 Å². The fraction of sp³-hybridized carbons (Fsp3) is 0.143. The van der Waals surface area contributed by atoms with Gasteiger partial charge in [-0.3, -0.25) is 19.4 Å². The van der Waals surface area contributed by atoms with Gasteiger partial charge in [-0.25, -0.2) is 0 Å². The SMILES string of the molecule is NC(=O)[C@H](Cc1ccccc1)NC(=O)CCC(=O)Nc1cc(-c2cccnc2)cn1-c1ccc(Cl)c(Cl)c1. The molecule has 0 saturated carbocycles. The maximum absolute atomic E-state index is 12.8. The fourth-order valence-corrected chi connectivity index (χ4v) is 4.16. The molecule has 0 aliphatic heterocycles. The molecule has 38 heavy (non-hydrogen) atoms. The third kappa shape index (κ3) is 7.00. The van der Waals surface area contributed by atoms with Crippen LogP contribution in [0.2, 0.25) is 10.0 Å². The van der Waals surface area contributed by atoms with Gasteiger partial charge in [0, 0.05) is 54.7 Å². The molecule has 0 radical (unpaired) electrons. The lowest BCUT2D eigenvalue weighted by atomic mass is 10.1. The van der Waals surface area contributed by atoms with E-state index >= 15 is 0 Å². The maximum atomic E-state index is 12.8. The Labute approximate surface area is 229 Å². The lowest BCUT2D eigenvalue weighted by molar-refractivity contribution is -0.128. The van der Waals surface area contributed by atoms with Crippen LogP contribution in [0, 0.1) is 0 Å². The predicted octanol–water partition coefficient (Wildman–Crippen LogP) is 4.78. The first-order chi connectivity index (χ1) is 18.3. The smallest absolute Gasteiger partial charge is 0.240 e. The Balaban J connectivity index is 1.45. The van der Waals surface area contributed by atoms with Crippen LogP contribution < -0.4 is 16.4 Å². The minimum absolute atomic E-state index is 0.0998. The van der Waals surface area contributed by atoms with Crippen molar-refractivity contribution in [2.24, 2.45) is 5.73 Å². The van der Waals surface area contributed by atoms with Crippen LogP contribution in [-0.2, 0) is 20.8 Å². The lowest BCUT2D eigenvalue weighted by Crippen LogP contribution is -2.46. The highest BCUT2D eigenvalue weighted by atomic mass is 35.5. The number of rotatable bonds is 10. The molecule has 194 valence electrons. The van der Waals surface area contributed by atoms with Crippen molar-refractivity contribution in [1.82, 2.24) is 14.9 Å². The van der Waals surface area contributed by atoms with E-state index in [0.29, 0.717) is 21.6 Å². The van der Waals surface area contributed by atoms with Gasteiger partial charge >= 0.3 is 0 Å². The van der Waals surface area contributed by atoms with Crippen LogP contribution in [0.1, 0.15) is 18.4 Å². The average Bonchev–Trinajstić information content (AvgIpc) is 3.33. The first-order valence-electron chi connectivity index (χ1n) is 11.8. The highest BCUT2D eigenvalue weighted by molar-refractivity contribution is 6.42. The van der Waals surface area contributed by atoms with E-state index in [1.807, 2.05) is 48.7 Å². The molecular formula is C28H25Cl2N5O3. The van der Waals surface area contributed by atoms with E-state index in [1.165, 1.54) is 0 Å². The summed E-state index contributed by atoms with van der Waals surface area (Å²) in [4.78, 5) is 41.4. The Kier molecular flexibility index (Phi) is 8.78. The molecule has 0 fully saturated rings. The lowest BCUT2D eigenvalue weighted by Gasteiger charge is -2.16. The minimum atomic E-state index is -0.873. The van der Waals surface area contributed by atoms with Gasteiger partial charge in [-0.15, -0.1) is 0 Å². The van der Waals surface area contributed by atoms with Crippen LogP contribution in [0.15, 0.2) is 85.3 Å². The van der Waals surface area contributed by atoms with Gasteiger partial charge < -0.3 is 20.9 Å². The number of amides is 3. The van der Waals surface area contributed by atoms with Crippen molar-refractivity contribution in [3.8, 4) is 16.8 Å². The number of primary amides is 1. The zero-order valence-electron chi connectivity index (χ0n) is 20.2. The van der Waals surface area contributed by atoms with Crippen molar-refractivity contribution in [3.05, 3.63) is 101 Å². The third-order valence-electron chi connectivity index (χ3n) is 5.80. The Bertz CT molecular complexity index is 1440. The Morgan fingerprint density at radius 1 is 0.895 bits per heavy atom. The molecule has 0 aliphatic rings. The number of carbonyl (C=O) groups is 3. The summed E-state index contributed by atoms with van der Waals surface area (Å²) in [6.07, 6.45) is 5.29. The Morgan fingerprint density at radius 2 is 1.66 bits per heavy atom. The molecule has 4 rings (SSSR count). The van der Waals surface area contributed by atoms with Gasteiger partial charge in [0.05, 0.1) is 10.0 Å². The molecule has 4 aromatic rings. The van der Waals surface area contributed by atoms with Gasteiger partial charge in [0.15, 0.2) is 0 Å². The van der Waals surface area contributed by atoms with Gasteiger partial charge in [0.1, 0.15) is 11.9 Å². The van der Waals surface area contributed by atoms with E-state index in [-0.39, 0.29) is 25.2 Å². The van der Waals surface area contributed by atoms with Gasteiger partial charge in [-0.2, -0.15) is 0 Å². The van der Waals surface area contributed by atoms with Crippen LogP contribution in [0.5, 0.6) is 0 Å². The minimum Gasteiger partial charge on any atom is -0.368 e. The molecule has 0 bridgehead atoms. The highest BCUT2D eigenvalue weighted by Crippen LogP contribution is 2.30. The third-order valence-corrected chi connectivity index (χ3v) is 6.54. The highest BCUT2D eigenvalue weighted by Gasteiger charge is 2.20. The second kappa shape index (κ2) is 12.4. The molecule has 2 aromatic carbocycles. The number of anilines is 1. The number of nitrogens with one attached hydrogen (secondary N) is 2. The molecule has 1 atom stereocenters. The van der Waals surface area contributed by atoms with Gasteiger partial charge in [0.25, 0.3) is 0 Å². The number of hydrogen-bond donors (Lipinski definition) is 3. The largest absolute Gasteiger partial charge is 0.368 e. The van der Waals surface area contributed by atoms with Gasteiger partial charge in [0.2, 0.25) is 17.7 Å². The van der Waals surface area contributed by atoms with Crippen LogP contribution in [-0.4, -0.2) is 33.3 Å². The summed E-state index contributed by atoms with van der Waals surface area (Å²) in [5, 5.41) is 6.27. The van der Waals surface area contributed by atoms with E-state index < -0.39 is 17.9 Å². The van der Waals surface area contributed by atoms with Crippen LogP contribution in [0.3, 0.4) is 0 Å². The zero-order chi connectivity index (χ0) is 27.1. The van der Waals surface area contributed by atoms with Crippen molar-refractivity contribution < 1.29 is 14.4 Å². The monoisotopic (exact) mass is 549 g/mol. The summed E-state index contributed by atoms with van der Waals surface area (Å²) >= 11 is 12.3. The van der Waals surface area contributed by atoms with Gasteiger partial charge in [-0.1, -0.05) is 59.6 Å². The number of halogens is 2. The number of hydrogen-bond acceptors (Lipinski definition) is 4. The normalized spacial score (nSPS) is 11.5. The van der Waals surface area contributed by atoms with Crippen LogP contribution >= 0.6 is 23.2 Å². The van der Waals surface area contributed by atoms with E-state index in [2.05, 4.69) is 15.6 Å². The average molecular weight is 550 g/mol. The van der Waals surface area contributed by atoms with Crippen LogP contribution in [0.25, 0.3) is 16.8 Å². The van der Waals surface area contributed by atoms with Crippen molar-refractivity contribution in [1.29, 1.82) is 0 Å². The molecule has 0 spiro atoms. The summed E-state index contributed by atoms with van der Waals surface area (Å²) in [6.45, 7) is 0. The molecule has 2 aromatic heterocycles. The Hall–Kier alpha value is -4.14. The molecule has 0 aliphatic carbocycles. The summed E-state index contributed by atoms with van der Waals surface area (Å²) in [5.41, 5.74) is 8.71. The van der Waals surface area contributed by atoms with E-state index in [9.17, 15) is 14.4 Å². The summed E-state index contributed by atoms with van der Waals surface area (Å²) in [7, 11) is 0. The molecule has 0 saturated heterocycles. The zero-order valence-corrected chi connectivity index (χ0v) is 21.7. The molecule has 3 amide bonds. The molecule has 0 unspecified atom stereocenters. The summed E-state index contributed by atoms with van der Waals surface area (Å²) in [6, 6.07) is 19.0. The van der Waals surface area contributed by atoms with Crippen molar-refractivity contribution in [2.75, 3.05) is 5.32 Å². The van der Waals surface area contributed by atoms with Crippen LogP contribution in [0.4, 0.5) is 5.82 Å². The van der Waals surface area contributed by atoms with Crippen molar-refractivity contribution in [2.45, 2.75) is 25.3 Å². The van der Waals surface area contributed by atoms with E-state index in [1.54, 1.807) is 41.2 Å². The predicted molar refractivity (Wildman–Crippen MR) is 148 cm³/mol. The van der Waals surface area contributed by atoms with Crippen molar-refractivity contribution >= 4 is 46.7 Å². The molecule has 10 heteroatoms. The Morgan fingerprint density at radius 3 is 2.34 bits per heavy atom. The summed E-state index contributed by atoms with van der Waals surface area (Å²) in [5.74, 6) is -0.993. The van der Waals surface area contributed by atoms with Crippen molar-refractivity contribution in [3.63, 3.8) is 0 Å². The van der Waals surface area contributed by atoms with E-state index in [0.717, 1.165) is 16.7 Å². The second-order valence-corrected chi connectivity index (χ2v) is 9.40. The molecule has 8 nitrogen and oxygen atoms in total. The van der Waals surface area contributed by atoms with E-state index in [4.69, 9.17) is 28.9 Å². The molecule has 2 heterocycles. The second-order valence-electron chi connectivity index (χ2n) is 8.58. The number of carbonyl (C=O) groups excluding carboxylic acids is 3. The molecule has 4 N–H and O–H groups in total. The number of pyridine rings is 1. The number of aromatic nitrogens is 2.